The molecule has 3 rings (SSSR count). The lowest BCUT2D eigenvalue weighted by Crippen LogP contribution is -2.10. The number of aromatic nitrogens is 2. The van der Waals surface area contributed by atoms with Crippen LogP contribution < -0.4 is 0 Å². The van der Waals surface area contributed by atoms with Crippen LogP contribution >= 0.6 is 0 Å². The van der Waals surface area contributed by atoms with Gasteiger partial charge in [-0.25, -0.2) is 0 Å². The lowest BCUT2D eigenvalue weighted by molar-refractivity contribution is -0.115. The van der Waals surface area contributed by atoms with Gasteiger partial charge in [0.15, 0.2) is 5.78 Å². The van der Waals surface area contributed by atoms with Crippen LogP contribution in [-0.2, 0) is 11.3 Å². The maximum atomic E-state index is 11.7. The Kier molecular flexibility index (Phi) is 3.97. The molecule has 0 saturated heterocycles. The van der Waals surface area contributed by atoms with Crippen molar-refractivity contribution in [3.63, 3.8) is 0 Å². The third-order valence-corrected chi connectivity index (χ3v) is 3.45. The number of nitrogens with zero attached hydrogens (tertiary/aromatic N) is 2. The van der Waals surface area contributed by atoms with Crippen molar-refractivity contribution in [1.29, 1.82) is 0 Å². The van der Waals surface area contributed by atoms with Crippen molar-refractivity contribution >= 4 is 5.78 Å². The van der Waals surface area contributed by atoms with E-state index >= 15 is 0 Å². The van der Waals surface area contributed by atoms with E-state index in [1.807, 2.05) is 66.7 Å². The summed E-state index contributed by atoms with van der Waals surface area (Å²) in [6, 6.07) is 21.9. The highest BCUT2D eigenvalue weighted by Gasteiger charge is 2.12. The topological polar surface area (TPSA) is 34.9 Å². The van der Waals surface area contributed by atoms with Crippen molar-refractivity contribution < 1.29 is 4.79 Å². The Hall–Kier alpha value is -2.94. The quantitative estimate of drug-likeness (QED) is 0.666. The predicted molar refractivity (Wildman–Crippen MR) is 88.3 cm³/mol. The number of benzene rings is 2. The summed E-state index contributed by atoms with van der Waals surface area (Å²) in [6.45, 7) is 3.73. The molecule has 0 unspecified atom stereocenters. The molecule has 3 heteroatoms. The largest absolute Gasteiger partial charge is 0.293 e. The number of rotatable bonds is 5. The average molecular weight is 288 g/mol. The first-order valence-electron chi connectivity index (χ1n) is 7.12. The fourth-order valence-corrected chi connectivity index (χ4v) is 2.34. The van der Waals surface area contributed by atoms with Crippen molar-refractivity contribution in [3.8, 4) is 22.5 Å². The fraction of sp³-hybridized carbons (Fsp3) is 0.0526. The van der Waals surface area contributed by atoms with Gasteiger partial charge in [0, 0.05) is 5.56 Å². The second-order valence-electron chi connectivity index (χ2n) is 4.97. The number of ketones is 1. The average Bonchev–Trinajstić information content (AvgIpc) is 3.00. The fourth-order valence-electron chi connectivity index (χ4n) is 2.34. The van der Waals surface area contributed by atoms with Gasteiger partial charge in [0.05, 0.1) is 11.4 Å². The summed E-state index contributed by atoms with van der Waals surface area (Å²) >= 11 is 0. The summed E-state index contributed by atoms with van der Waals surface area (Å²) in [5.41, 5.74) is 3.85. The summed E-state index contributed by atoms with van der Waals surface area (Å²) in [5.74, 6) is -0.0557. The molecule has 1 heterocycles. The molecule has 1 aromatic heterocycles. The van der Waals surface area contributed by atoms with Crippen molar-refractivity contribution in [1.82, 2.24) is 9.78 Å². The first kappa shape index (κ1) is 14.0. The van der Waals surface area contributed by atoms with Gasteiger partial charge in [-0.3, -0.25) is 9.48 Å². The zero-order valence-electron chi connectivity index (χ0n) is 12.1. The van der Waals surface area contributed by atoms with E-state index in [-0.39, 0.29) is 12.3 Å². The van der Waals surface area contributed by atoms with E-state index in [4.69, 9.17) is 0 Å². The molecule has 0 spiro atoms. The molecule has 2 aromatic carbocycles. The maximum Gasteiger partial charge on any atom is 0.176 e. The third kappa shape index (κ3) is 2.88. The van der Waals surface area contributed by atoms with Crippen LogP contribution in [0.5, 0.6) is 0 Å². The standard InChI is InChI=1S/C19H16N2O/c1-2-17(22)14-21-19(16-11-7-4-8-12-16)13-18(20-21)15-9-5-3-6-10-15/h2-13H,1,14H2. The van der Waals surface area contributed by atoms with Gasteiger partial charge in [-0.15, -0.1) is 0 Å². The van der Waals surface area contributed by atoms with E-state index in [1.165, 1.54) is 6.08 Å². The number of carbonyl (C=O) groups is 1. The van der Waals surface area contributed by atoms with Gasteiger partial charge in [-0.05, 0) is 17.7 Å². The minimum absolute atomic E-state index is 0.0557. The van der Waals surface area contributed by atoms with Gasteiger partial charge in [0.1, 0.15) is 6.54 Å². The van der Waals surface area contributed by atoms with E-state index in [0.717, 1.165) is 22.5 Å². The highest BCUT2D eigenvalue weighted by atomic mass is 16.1. The zero-order chi connectivity index (χ0) is 15.4. The molecule has 0 saturated carbocycles. The third-order valence-electron chi connectivity index (χ3n) is 3.45. The molecule has 0 aliphatic heterocycles. The van der Waals surface area contributed by atoms with Crippen molar-refractivity contribution in [2.75, 3.05) is 0 Å². The van der Waals surface area contributed by atoms with E-state index in [2.05, 4.69) is 11.7 Å². The summed E-state index contributed by atoms with van der Waals surface area (Å²) in [5, 5.41) is 4.59. The first-order valence-corrected chi connectivity index (χ1v) is 7.12. The van der Waals surface area contributed by atoms with Crippen LogP contribution in [0, 0.1) is 0 Å². The molecule has 0 aliphatic rings. The van der Waals surface area contributed by atoms with Gasteiger partial charge in [0.25, 0.3) is 0 Å². The Morgan fingerprint density at radius 1 is 1.00 bits per heavy atom. The van der Waals surface area contributed by atoms with Crippen LogP contribution in [0.2, 0.25) is 0 Å². The Bertz CT molecular complexity index is 789. The molecular weight excluding hydrogens is 272 g/mol. The summed E-state index contributed by atoms with van der Waals surface area (Å²) < 4.78 is 1.74. The molecule has 0 bridgehead atoms. The Labute approximate surface area is 129 Å². The normalized spacial score (nSPS) is 10.4. The Morgan fingerprint density at radius 2 is 1.59 bits per heavy atom. The minimum atomic E-state index is -0.0557. The van der Waals surface area contributed by atoms with Crippen molar-refractivity contribution in [3.05, 3.63) is 79.4 Å². The highest BCUT2D eigenvalue weighted by molar-refractivity contribution is 5.89. The van der Waals surface area contributed by atoms with Crippen LogP contribution in [0.15, 0.2) is 79.4 Å². The summed E-state index contributed by atoms with van der Waals surface area (Å²) in [4.78, 5) is 11.7. The molecule has 22 heavy (non-hydrogen) atoms. The van der Waals surface area contributed by atoms with E-state index in [0.29, 0.717) is 0 Å². The molecule has 3 aromatic rings. The summed E-state index contributed by atoms with van der Waals surface area (Å²) in [6.07, 6.45) is 1.33. The molecule has 0 radical (unpaired) electrons. The lowest BCUT2D eigenvalue weighted by atomic mass is 10.1. The second-order valence-corrected chi connectivity index (χ2v) is 4.97. The smallest absolute Gasteiger partial charge is 0.176 e. The second kappa shape index (κ2) is 6.22. The Balaban J connectivity index is 2.08. The lowest BCUT2D eigenvalue weighted by Gasteiger charge is -2.05. The SMILES string of the molecule is C=CC(=O)Cn1nc(-c2ccccc2)cc1-c1ccccc1. The molecular formula is C19H16N2O. The number of carbonyl (C=O) groups excluding carboxylic acids is 1. The summed E-state index contributed by atoms with van der Waals surface area (Å²) in [7, 11) is 0. The molecule has 3 nitrogen and oxygen atoms in total. The molecule has 0 aliphatic carbocycles. The van der Waals surface area contributed by atoms with Crippen LogP contribution in [0.25, 0.3) is 22.5 Å². The number of hydrogen-bond acceptors (Lipinski definition) is 2. The molecule has 0 N–H and O–H groups in total. The molecule has 108 valence electrons. The van der Waals surface area contributed by atoms with Crippen molar-refractivity contribution in [2.45, 2.75) is 6.54 Å². The maximum absolute atomic E-state index is 11.7. The van der Waals surface area contributed by atoms with Gasteiger partial charge in [-0.2, -0.15) is 5.10 Å². The zero-order valence-corrected chi connectivity index (χ0v) is 12.1. The minimum Gasteiger partial charge on any atom is -0.293 e. The van der Waals surface area contributed by atoms with E-state index in [9.17, 15) is 4.79 Å². The monoisotopic (exact) mass is 288 g/mol. The van der Waals surface area contributed by atoms with Crippen LogP contribution in [0.1, 0.15) is 0 Å². The van der Waals surface area contributed by atoms with Crippen LogP contribution in [-0.4, -0.2) is 15.6 Å². The first-order chi connectivity index (χ1) is 10.8. The van der Waals surface area contributed by atoms with Gasteiger partial charge in [0.2, 0.25) is 0 Å². The van der Waals surface area contributed by atoms with E-state index < -0.39 is 0 Å². The Morgan fingerprint density at radius 3 is 2.18 bits per heavy atom. The van der Waals surface area contributed by atoms with Gasteiger partial charge in [-0.1, -0.05) is 67.2 Å². The van der Waals surface area contributed by atoms with Gasteiger partial charge >= 0.3 is 0 Å². The van der Waals surface area contributed by atoms with Crippen molar-refractivity contribution in [2.24, 2.45) is 0 Å². The molecule has 0 amide bonds. The van der Waals surface area contributed by atoms with E-state index in [1.54, 1.807) is 4.68 Å². The van der Waals surface area contributed by atoms with Gasteiger partial charge < -0.3 is 0 Å². The number of allylic oxidation sites excluding steroid dienone is 1. The number of hydrogen-bond donors (Lipinski definition) is 0. The van der Waals surface area contributed by atoms with Crippen LogP contribution in [0.3, 0.4) is 0 Å². The predicted octanol–water partition coefficient (Wildman–Crippen LogP) is 3.97. The highest BCUT2D eigenvalue weighted by Crippen LogP contribution is 2.26. The molecule has 0 fully saturated rings. The van der Waals surface area contributed by atoms with Crippen LogP contribution in [0.4, 0.5) is 0 Å². The molecule has 0 atom stereocenters.